The predicted octanol–water partition coefficient (Wildman–Crippen LogP) is 3.74. The number of hydrogen-bond acceptors (Lipinski definition) is 5. The van der Waals surface area contributed by atoms with Crippen molar-refractivity contribution in [3.05, 3.63) is 63.7 Å². The molecule has 2 rings (SSSR count). The Morgan fingerprint density at radius 1 is 1.21 bits per heavy atom. The third-order valence-corrected chi connectivity index (χ3v) is 3.81. The highest BCUT2D eigenvalue weighted by atomic mass is 19.4. The van der Waals surface area contributed by atoms with Crippen LogP contribution >= 0.6 is 0 Å². The van der Waals surface area contributed by atoms with Crippen molar-refractivity contribution in [2.45, 2.75) is 19.1 Å². The molecule has 0 atom stereocenters. The third-order valence-electron chi connectivity index (χ3n) is 3.81. The second-order valence-electron chi connectivity index (χ2n) is 5.79. The number of nitrogens with one attached hydrogen (secondary N) is 2. The Balaban J connectivity index is 1.90. The molecule has 0 aliphatic carbocycles. The molecule has 0 heterocycles. The van der Waals surface area contributed by atoms with Crippen molar-refractivity contribution in [2.75, 3.05) is 19.0 Å². The van der Waals surface area contributed by atoms with Gasteiger partial charge in [-0.05, 0) is 29.8 Å². The largest absolute Gasteiger partial charge is 0.497 e. The number of methoxy groups -OCH3 is 1. The van der Waals surface area contributed by atoms with E-state index in [2.05, 4.69) is 10.6 Å². The first-order chi connectivity index (χ1) is 13.2. The first-order valence-corrected chi connectivity index (χ1v) is 8.20. The number of carbonyl (C=O) groups excluding carboxylic acids is 1. The third kappa shape index (κ3) is 5.86. The number of amides is 1. The first-order valence-electron chi connectivity index (χ1n) is 8.20. The number of nitro groups is 1. The number of halogens is 3. The van der Waals surface area contributed by atoms with E-state index in [9.17, 15) is 28.1 Å². The van der Waals surface area contributed by atoms with Crippen molar-refractivity contribution in [3.63, 3.8) is 0 Å². The van der Waals surface area contributed by atoms with Crippen LogP contribution in [0, 0.1) is 10.1 Å². The number of rotatable bonds is 8. The van der Waals surface area contributed by atoms with Crippen LogP contribution in [0.3, 0.4) is 0 Å². The van der Waals surface area contributed by atoms with Crippen LogP contribution in [-0.2, 0) is 17.5 Å². The number of hydrogen-bond donors (Lipinski definition) is 2. The highest BCUT2D eigenvalue weighted by molar-refractivity contribution is 5.76. The molecule has 0 saturated heterocycles. The predicted molar refractivity (Wildman–Crippen MR) is 96.0 cm³/mol. The topological polar surface area (TPSA) is 93.5 Å². The number of benzene rings is 2. The molecule has 0 aromatic heterocycles. The molecule has 0 aliphatic heterocycles. The number of carbonyl (C=O) groups is 1. The summed E-state index contributed by atoms with van der Waals surface area (Å²) >= 11 is 0. The lowest BCUT2D eigenvalue weighted by atomic mass is 10.1. The van der Waals surface area contributed by atoms with E-state index in [0.717, 1.165) is 17.7 Å². The average Bonchev–Trinajstić information content (AvgIpc) is 2.65. The van der Waals surface area contributed by atoms with Gasteiger partial charge < -0.3 is 15.4 Å². The van der Waals surface area contributed by atoms with Crippen LogP contribution in [0.1, 0.15) is 17.5 Å². The first kappa shape index (κ1) is 21.0. The Morgan fingerprint density at radius 2 is 1.96 bits per heavy atom. The molecule has 28 heavy (non-hydrogen) atoms. The molecule has 150 valence electrons. The van der Waals surface area contributed by atoms with E-state index in [1.807, 2.05) is 6.07 Å². The summed E-state index contributed by atoms with van der Waals surface area (Å²) in [6, 6.07) is 9.33. The Labute approximate surface area is 158 Å². The van der Waals surface area contributed by atoms with E-state index in [1.165, 1.54) is 7.11 Å². The minimum atomic E-state index is -4.68. The minimum Gasteiger partial charge on any atom is -0.497 e. The molecule has 0 unspecified atom stereocenters. The smallest absolute Gasteiger partial charge is 0.416 e. The quantitative estimate of drug-likeness (QED) is 0.523. The lowest BCUT2D eigenvalue weighted by Crippen LogP contribution is -2.25. The molecule has 0 bridgehead atoms. The van der Waals surface area contributed by atoms with Crippen molar-refractivity contribution in [1.82, 2.24) is 5.32 Å². The van der Waals surface area contributed by atoms with Crippen molar-refractivity contribution in [2.24, 2.45) is 0 Å². The lowest BCUT2D eigenvalue weighted by Gasteiger charge is -2.11. The van der Waals surface area contributed by atoms with E-state index in [1.54, 1.807) is 18.2 Å². The van der Waals surface area contributed by atoms with Gasteiger partial charge in [-0.25, -0.2) is 0 Å². The van der Waals surface area contributed by atoms with E-state index in [-0.39, 0.29) is 31.1 Å². The number of alkyl halides is 3. The number of nitrogens with zero attached hydrogens (tertiary/aromatic N) is 1. The van der Waals surface area contributed by atoms with E-state index < -0.39 is 22.4 Å². The van der Waals surface area contributed by atoms with Crippen LogP contribution in [0.2, 0.25) is 0 Å². The Hall–Kier alpha value is -3.30. The summed E-state index contributed by atoms with van der Waals surface area (Å²) in [5.41, 5.74) is -1.06. The molecule has 2 N–H and O–H groups in total. The van der Waals surface area contributed by atoms with Gasteiger partial charge in [0.25, 0.3) is 5.69 Å². The molecular formula is C18H18F3N3O4. The molecular weight excluding hydrogens is 379 g/mol. The maximum Gasteiger partial charge on any atom is 0.416 e. The summed E-state index contributed by atoms with van der Waals surface area (Å²) in [6.45, 7) is 0.298. The zero-order chi connectivity index (χ0) is 20.7. The summed E-state index contributed by atoms with van der Waals surface area (Å²) in [4.78, 5) is 22.0. The fraction of sp³-hybridized carbons (Fsp3) is 0.278. The highest BCUT2D eigenvalue weighted by Gasteiger charge is 2.33. The summed E-state index contributed by atoms with van der Waals surface area (Å²) in [7, 11) is 1.53. The van der Waals surface area contributed by atoms with Crippen molar-refractivity contribution in [1.29, 1.82) is 0 Å². The molecule has 0 fully saturated rings. The summed E-state index contributed by atoms with van der Waals surface area (Å²) in [5, 5.41) is 16.3. The summed E-state index contributed by atoms with van der Waals surface area (Å²) in [5.74, 6) is 0.341. The number of anilines is 1. The average molecular weight is 397 g/mol. The van der Waals surface area contributed by atoms with Gasteiger partial charge >= 0.3 is 6.18 Å². The number of nitro benzene ring substituents is 1. The molecule has 2 aromatic carbocycles. The minimum absolute atomic E-state index is 0.0118. The zero-order valence-corrected chi connectivity index (χ0v) is 14.9. The van der Waals surface area contributed by atoms with Gasteiger partial charge in [-0.3, -0.25) is 14.9 Å². The molecule has 1 amide bonds. The Kier molecular flexibility index (Phi) is 6.80. The van der Waals surface area contributed by atoms with Gasteiger partial charge in [0, 0.05) is 25.6 Å². The fourth-order valence-electron chi connectivity index (χ4n) is 2.39. The van der Waals surface area contributed by atoms with Crippen LogP contribution < -0.4 is 15.4 Å². The van der Waals surface area contributed by atoms with Gasteiger partial charge in [-0.15, -0.1) is 0 Å². The lowest BCUT2D eigenvalue weighted by molar-refractivity contribution is -0.384. The van der Waals surface area contributed by atoms with Crippen LogP contribution in [0.4, 0.5) is 24.5 Å². The van der Waals surface area contributed by atoms with Crippen LogP contribution in [0.5, 0.6) is 5.75 Å². The van der Waals surface area contributed by atoms with Crippen molar-refractivity contribution < 1.29 is 27.6 Å². The van der Waals surface area contributed by atoms with Crippen LogP contribution in [-0.4, -0.2) is 24.5 Å². The maximum absolute atomic E-state index is 12.7. The SMILES string of the molecule is COc1cccc(CNC(=O)CCNc2ccc(C(F)(F)F)cc2[N+](=O)[O-])c1. The Morgan fingerprint density at radius 3 is 2.61 bits per heavy atom. The van der Waals surface area contributed by atoms with E-state index in [4.69, 9.17) is 4.74 Å². The van der Waals surface area contributed by atoms with Crippen molar-refractivity contribution >= 4 is 17.3 Å². The van der Waals surface area contributed by atoms with Crippen LogP contribution in [0.25, 0.3) is 0 Å². The number of ether oxygens (including phenoxy) is 1. The summed E-state index contributed by atoms with van der Waals surface area (Å²) in [6.07, 6.45) is -4.69. The van der Waals surface area contributed by atoms with Gasteiger partial charge in [0.15, 0.2) is 0 Å². The van der Waals surface area contributed by atoms with E-state index in [0.29, 0.717) is 11.8 Å². The van der Waals surface area contributed by atoms with Crippen LogP contribution in [0.15, 0.2) is 42.5 Å². The summed E-state index contributed by atoms with van der Waals surface area (Å²) < 4.78 is 43.2. The van der Waals surface area contributed by atoms with Gasteiger partial charge in [-0.2, -0.15) is 13.2 Å². The standard InChI is InChI=1S/C18H18F3N3O4/c1-28-14-4-2-3-12(9-14)11-23-17(25)7-8-22-15-6-5-13(18(19,20)21)10-16(15)24(26)27/h2-6,9-10,22H,7-8,11H2,1H3,(H,23,25). The second-order valence-corrected chi connectivity index (χ2v) is 5.79. The van der Waals surface area contributed by atoms with Gasteiger partial charge in [0.05, 0.1) is 17.6 Å². The second kappa shape index (κ2) is 9.07. The van der Waals surface area contributed by atoms with Gasteiger partial charge in [-0.1, -0.05) is 12.1 Å². The molecule has 0 aliphatic rings. The van der Waals surface area contributed by atoms with Gasteiger partial charge in [0.2, 0.25) is 5.91 Å². The van der Waals surface area contributed by atoms with E-state index >= 15 is 0 Å². The molecule has 0 radical (unpaired) electrons. The molecule has 0 saturated carbocycles. The van der Waals surface area contributed by atoms with Gasteiger partial charge in [0.1, 0.15) is 11.4 Å². The van der Waals surface area contributed by atoms with Crippen molar-refractivity contribution in [3.8, 4) is 5.75 Å². The maximum atomic E-state index is 12.7. The zero-order valence-electron chi connectivity index (χ0n) is 14.9. The molecule has 0 spiro atoms. The molecule has 10 heteroatoms. The highest BCUT2D eigenvalue weighted by Crippen LogP contribution is 2.34. The Bertz CT molecular complexity index is 856. The molecule has 2 aromatic rings. The normalized spacial score (nSPS) is 11.0. The fourth-order valence-corrected chi connectivity index (χ4v) is 2.39. The monoisotopic (exact) mass is 397 g/mol. The molecule has 7 nitrogen and oxygen atoms in total.